The van der Waals surface area contributed by atoms with Crippen molar-refractivity contribution in [2.75, 3.05) is 14.2 Å². The second kappa shape index (κ2) is 14.8. The van der Waals surface area contributed by atoms with Crippen molar-refractivity contribution in [3.8, 4) is 11.4 Å². The summed E-state index contributed by atoms with van der Waals surface area (Å²) in [5, 5.41) is 7.43. The molecule has 2 N–H and O–H groups in total. The van der Waals surface area contributed by atoms with Gasteiger partial charge >= 0.3 is 17.9 Å². The van der Waals surface area contributed by atoms with Gasteiger partial charge in [0.05, 0.1) is 33.5 Å². The van der Waals surface area contributed by atoms with Gasteiger partial charge in [-0.2, -0.15) is 4.98 Å². The molecule has 0 bridgehead atoms. The van der Waals surface area contributed by atoms with Crippen molar-refractivity contribution in [3.05, 3.63) is 71.1 Å². The van der Waals surface area contributed by atoms with Crippen LogP contribution in [0.2, 0.25) is 0 Å². The maximum absolute atomic E-state index is 11.3. The largest absolute Gasteiger partial charge is 0.469 e. The number of benzene rings is 2. The molecule has 37 heavy (non-hydrogen) atoms. The fraction of sp³-hybridized carbons (Fsp3) is 0.308. The number of oxime groups is 1. The summed E-state index contributed by atoms with van der Waals surface area (Å²) in [4.78, 5) is 41.9. The van der Waals surface area contributed by atoms with E-state index in [1.54, 1.807) is 6.07 Å². The number of nitrogens with zero attached hydrogens (tertiary/aromatic N) is 3. The Kier molecular flexibility index (Phi) is 11.5. The molecule has 3 rings (SSSR count). The van der Waals surface area contributed by atoms with Crippen LogP contribution < -0.4 is 5.73 Å². The van der Waals surface area contributed by atoms with Gasteiger partial charge in [0.2, 0.25) is 11.7 Å². The van der Waals surface area contributed by atoms with Gasteiger partial charge in [-0.1, -0.05) is 57.8 Å². The molecule has 2 aromatic carbocycles. The number of aromatic nitrogens is 2. The third-order valence-corrected chi connectivity index (χ3v) is 4.84. The molecular weight excluding hydrogens is 480 g/mol. The second-order valence-electron chi connectivity index (χ2n) is 7.84. The molecule has 11 heteroatoms. The molecule has 0 fully saturated rings. The summed E-state index contributed by atoms with van der Waals surface area (Å²) < 4.78 is 14.0. The van der Waals surface area contributed by atoms with E-state index in [0.717, 1.165) is 16.7 Å². The van der Waals surface area contributed by atoms with E-state index in [2.05, 4.69) is 29.6 Å². The SMILES string of the molecule is COC(=O)CCC(=O)O/N=C(\N)c1cccc(C)c1.COC(=O)CCc1nc(-c2cccc(C)c2)no1. The Bertz CT molecular complexity index is 1240. The van der Waals surface area contributed by atoms with Gasteiger partial charge in [-0.25, -0.2) is 4.79 Å². The molecule has 3 aromatic rings. The standard InChI is InChI=1S/C13H16N2O4.C13H14N2O3/c1-9-4-3-5-10(8-9)13(14)15-19-12(17)7-6-11(16)18-2;1-9-4-3-5-10(8-9)13-14-11(18-15-13)6-7-12(16)17-2/h3-5,8H,6-7H2,1-2H3,(H2,14,15);3-5,8H,6-7H2,1-2H3. The van der Waals surface area contributed by atoms with Crippen molar-refractivity contribution in [2.24, 2.45) is 10.9 Å². The van der Waals surface area contributed by atoms with Crippen LogP contribution >= 0.6 is 0 Å². The molecule has 1 heterocycles. The minimum atomic E-state index is -0.638. The smallest absolute Gasteiger partial charge is 0.335 e. The predicted octanol–water partition coefficient (Wildman–Crippen LogP) is 3.26. The molecule has 0 atom stereocenters. The van der Waals surface area contributed by atoms with Crippen LogP contribution in [0.25, 0.3) is 11.4 Å². The van der Waals surface area contributed by atoms with Crippen molar-refractivity contribution in [2.45, 2.75) is 39.5 Å². The molecular formula is C26H30N4O7. The first-order valence-electron chi connectivity index (χ1n) is 11.4. The van der Waals surface area contributed by atoms with Crippen molar-refractivity contribution in [1.82, 2.24) is 10.1 Å². The molecule has 196 valence electrons. The summed E-state index contributed by atoms with van der Waals surface area (Å²) in [7, 11) is 2.61. The van der Waals surface area contributed by atoms with Crippen LogP contribution in [0.3, 0.4) is 0 Å². The van der Waals surface area contributed by atoms with Crippen LogP contribution in [0.1, 0.15) is 41.8 Å². The van der Waals surface area contributed by atoms with Gasteiger partial charge in [0.1, 0.15) is 0 Å². The van der Waals surface area contributed by atoms with E-state index in [4.69, 9.17) is 10.3 Å². The van der Waals surface area contributed by atoms with E-state index in [1.807, 2.05) is 56.3 Å². The fourth-order valence-electron chi connectivity index (χ4n) is 2.88. The minimum Gasteiger partial charge on any atom is -0.469 e. The van der Waals surface area contributed by atoms with Crippen LogP contribution in [0, 0.1) is 13.8 Å². The number of amidine groups is 1. The van der Waals surface area contributed by atoms with Gasteiger partial charge in [-0.3, -0.25) is 9.59 Å². The van der Waals surface area contributed by atoms with Crippen LogP contribution in [-0.4, -0.2) is 48.1 Å². The number of carbonyl (C=O) groups is 3. The number of aryl methyl sites for hydroxylation is 3. The first-order chi connectivity index (χ1) is 17.7. The summed E-state index contributed by atoms with van der Waals surface area (Å²) >= 11 is 0. The van der Waals surface area contributed by atoms with E-state index < -0.39 is 11.9 Å². The number of esters is 2. The summed E-state index contributed by atoms with van der Waals surface area (Å²) in [6.45, 7) is 3.92. The molecule has 1 aromatic heterocycles. The summed E-state index contributed by atoms with van der Waals surface area (Å²) in [6.07, 6.45) is 0.490. The number of nitrogens with two attached hydrogens (primary N) is 1. The summed E-state index contributed by atoms with van der Waals surface area (Å²) in [5.41, 5.74) is 9.40. The van der Waals surface area contributed by atoms with Crippen LogP contribution in [-0.2, 0) is 35.1 Å². The van der Waals surface area contributed by atoms with Crippen molar-refractivity contribution in [3.63, 3.8) is 0 Å². The van der Waals surface area contributed by atoms with Gasteiger partial charge in [0.25, 0.3) is 0 Å². The molecule has 0 radical (unpaired) electrons. The number of hydrogen-bond donors (Lipinski definition) is 1. The van der Waals surface area contributed by atoms with Crippen molar-refractivity contribution >= 4 is 23.7 Å². The molecule has 11 nitrogen and oxygen atoms in total. The number of hydrogen-bond acceptors (Lipinski definition) is 10. The number of rotatable bonds is 9. The van der Waals surface area contributed by atoms with Crippen LogP contribution in [0.4, 0.5) is 0 Å². The van der Waals surface area contributed by atoms with Gasteiger partial charge < -0.3 is 24.6 Å². The first kappa shape index (κ1) is 28.7. The average molecular weight is 511 g/mol. The number of ether oxygens (including phenoxy) is 2. The highest BCUT2D eigenvalue weighted by molar-refractivity contribution is 5.97. The van der Waals surface area contributed by atoms with Gasteiger partial charge in [0.15, 0.2) is 5.84 Å². The molecule has 0 saturated carbocycles. The van der Waals surface area contributed by atoms with Gasteiger partial charge in [-0.05, 0) is 26.0 Å². The first-order valence-corrected chi connectivity index (χ1v) is 11.4. The van der Waals surface area contributed by atoms with Crippen LogP contribution in [0.5, 0.6) is 0 Å². The van der Waals surface area contributed by atoms with Gasteiger partial charge in [0, 0.05) is 17.5 Å². The van der Waals surface area contributed by atoms with Gasteiger partial charge in [-0.15, -0.1) is 0 Å². The molecule has 0 saturated heterocycles. The normalized spacial score (nSPS) is 10.6. The maximum Gasteiger partial charge on any atom is 0.335 e. The zero-order chi connectivity index (χ0) is 27.2. The third-order valence-electron chi connectivity index (χ3n) is 4.84. The Hall–Kier alpha value is -4.54. The highest BCUT2D eigenvalue weighted by Gasteiger charge is 2.11. The van der Waals surface area contributed by atoms with Crippen molar-refractivity contribution < 1.29 is 33.2 Å². The lowest BCUT2D eigenvalue weighted by molar-refractivity contribution is -0.148. The molecule has 0 aliphatic heterocycles. The minimum absolute atomic E-state index is 0.0464. The lowest BCUT2D eigenvalue weighted by Gasteiger charge is -2.02. The van der Waals surface area contributed by atoms with E-state index in [1.165, 1.54) is 14.2 Å². The molecule has 0 unspecified atom stereocenters. The lowest BCUT2D eigenvalue weighted by Crippen LogP contribution is -2.15. The molecule has 0 spiro atoms. The third kappa shape index (κ3) is 10.3. The van der Waals surface area contributed by atoms with E-state index in [-0.39, 0.29) is 31.1 Å². The zero-order valence-corrected chi connectivity index (χ0v) is 21.2. The molecule has 0 aliphatic rings. The predicted molar refractivity (Wildman–Crippen MR) is 134 cm³/mol. The lowest BCUT2D eigenvalue weighted by atomic mass is 10.1. The topological polar surface area (TPSA) is 156 Å². The van der Waals surface area contributed by atoms with E-state index in [9.17, 15) is 14.4 Å². The number of carbonyl (C=O) groups excluding carboxylic acids is 3. The average Bonchev–Trinajstić information content (AvgIpc) is 3.38. The van der Waals surface area contributed by atoms with Crippen molar-refractivity contribution in [1.29, 1.82) is 0 Å². The zero-order valence-electron chi connectivity index (χ0n) is 21.2. The van der Waals surface area contributed by atoms with Crippen LogP contribution in [0.15, 0.2) is 58.2 Å². The maximum atomic E-state index is 11.3. The Balaban J connectivity index is 0.000000260. The number of methoxy groups -OCH3 is 2. The van der Waals surface area contributed by atoms with E-state index >= 15 is 0 Å². The Morgan fingerprint density at radius 1 is 0.892 bits per heavy atom. The summed E-state index contributed by atoms with van der Waals surface area (Å²) in [6, 6.07) is 15.2. The summed E-state index contributed by atoms with van der Waals surface area (Å²) in [5.74, 6) is -0.315. The highest BCUT2D eigenvalue weighted by Crippen LogP contribution is 2.17. The molecule has 0 aliphatic carbocycles. The second-order valence-corrected chi connectivity index (χ2v) is 7.84. The molecule has 0 amide bonds. The monoisotopic (exact) mass is 510 g/mol. The fourth-order valence-corrected chi connectivity index (χ4v) is 2.88. The van der Waals surface area contributed by atoms with E-state index in [0.29, 0.717) is 23.7 Å². The highest BCUT2D eigenvalue weighted by atomic mass is 16.7. The quantitative estimate of drug-likeness (QED) is 0.149. The Morgan fingerprint density at radius 3 is 2.16 bits per heavy atom. The Morgan fingerprint density at radius 2 is 1.51 bits per heavy atom. The Labute approximate surface area is 214 Å².